The van der Waals surface area contributed by atoms with Gasteiger partial charge in [0.05, 0.1) is 6.04 Å². The first kappa shape index (κ1) is 12.8. The van der Waals surface area contributed by atoms with E-state index in [1.807, 2.05) is 4.68 Å². The van der Waals surface area contributed by atoms with E-state index >= 15 is 0 Å². The molecule has 0 unspecified atom stereocenters. The van der Waals surface area contributed by atoms with Crippen molar-refractivity contribution in [1.82, 2.24) is 30.3 Å². The van der Waals surface area contributed by atoms with Gasteiger partial charge in [-0.25, -0.2) is 19.6 Å². The molecule has 3 rings (SSSR count). The first-order chi connectivity index (χ1) is 8.33. The summed E-state index contributed by atoms with van der Waals surface area (Å²) >= 11 is 0. The number of halogens is 1. The summed E-state index contributed by atoms with van der Waals surface area (Å²) in [6.45, 7) is 1.97. The Morgan fingerprint density at radius 2 is 2.17 bits per heavy atom. The van der Waals surface area contributed by atoms with E-state index in [0.717, 1.165) is 25.9 Å². The molecule has 3 heterocycles. The predicted molar refractivity (Wildman–Crippen MR) is 64.5 cm³/mol. The second-order valence-corrected chi connectivity index (χ2v) is 3.95. The van der Waals surface area contributed by atoms with Crippen LogP contribution in [0, 0.1) is 0 Å². The maximum atomic E-state index is 10.8. The number of H-pyrrole nitrogens is 1. The number of rotatable bonds is 2. The SMILES string of the molecule is Cl.O=c1[nH]nc(-c2ncn(C3CCNCC3)n2)o1. The van der Waals surface area contributed by atoms with E-state index in [1.165, 1.54) is 0 Å². The maximum absolute atomic E-state index is 10.8. The molecule has 0 spiro atoms. The fraction of sp³-hybridized carbons (Fsp3) is 0.556. The van der Waals surface area contributed by atoms with Gasteiger partial charge in [-0.15, -0.1) is 22.6 Å². The molecule has 9 heteroatoms. The summed E-state index contributed by atoms with van der Waals surface area (Å²) in [7, 11) is 0. The third-order valence-electron chi connectivity index (χ3n) is 2.82. The van der Waals surface area contributed by atoms with Crippen LogP contribution in [0.3, 0.4) is 0 Å². The molecule has 1 saturated heterocycles. The largest absolute Gasteiger partial charge is 0.434 e. The molecular weight excluding hydrogens is 260 g/mol. The van der Waals surface area contributed by atoms with Crippen LogP contribution >= 0.6 is 12.4 Å². The lowest BCUT2D eigenvalue weighted by Crippen LogP contribution is -2.29. The molecule has 0 aliphatic carbocycles. The summed E-state index contributed by atoms with van der Waals surface area (Å²) in [6, 6.07) is 0.350. The van der Waals surface area contributed by atoms with Crippen molar-refractivity contribution < 1.29 is 4.42 Å². The number of nitrogens with one attached hydrogen (secondary N) is 2. The number of aromatic amines is 1. The molecule has 0 radical (unpaired) electrons. The van der Waals surface area contributed by atoms with Crippen LogP contribution in [0.5, 0.6) is 0 Å². The molecule has 18 heavy (non-hydrogen) atoms. The average Bonchev–Trinajstić information content (AvgIpc) is 2.98. The van der Waals surface area contributed by atoms with Crippen LogP contribution in [0.1, 0.15) is 18.9 Å². The highest BCUT2D eigenvalue weighted by Crippen LogP contribution is 2.18. The number of aromatic nitrogens is 5. The van der Waals surface area contributed by atoms with Crippen LogP contribution in [0.2, 0.25) is 0 Å². The summed E-state index contributed by atoms with van der Waals surface area (Å²) in [4.78, 5) is 14.9. The van der Waals surface area contributed by atoms with Crippen molar-refractivity contribution in [3.63, 3.8) is 0 Å². The van der Waals surface area contributed by atoms with Gasteiger partial charge in [0.2, 0.25) is 5.82 Å². The van der Waals surface area contributed by atoms with Gasteiger partial charge in [-0.1, -0.05) is 0 Å². The molecule has 0 amide bonds. The second-order valence-electron chi connectivity index (χ2n) is 3.95. The summed E-state index contributed by atoms with van der Waals surface area (Å²) in [5.74, 6) is -0.136. The third-order valence-corrected chi connectivity index (χ3v) is 2.82. The number of piperidine rings is 1. The zero-order chi connectivity index (χ0) is 11.7. The van der Waals surface area contributed by atoms with Crippen LogP contribution in [0.4, 0.5) is 0 Å². The summed E-state index contributed by atoms with van der Waals surface area (Å²) < 4.78 is 6.61. The lowest BCUT2D eigenvalue weighted by molar-refractivity contribution is 0.342. The van der Waals surface area contributed by atoms with Crippen LogP contribution in [-0.2, 0) is 0 Å². The van der Waals surface area contributed by atoms with Gasteiger partial charge in [0.15, 0.2) is 0 Å². The number of hydrogen-bond donors (Lipinski definition) is 2. The van der Waals surface area contributed by atoms with Crippen molar-refractivity contribution in [2.24, 2.45) is 0 Å². The Morgan fingerprint density at radius 3 is 2.83 bits per heavy atom. The van der Waals surface area contributed by atoms with E-state index in [0.29, 0.717) is 11.9 Å². The first-order valence-corrected chi connectivity index (χ1v) is 5.50. The molecule has 1 fully saturated rings. The molecule has 2 aromatic rings. The van der Waals surface area contributed by atoms with Crippen molar-refractivity contribution >= 4 is 12.4 Å². The molecule has 0 saturated carbocycles. The number of hydrogen-bond acceptors (Lipinski definition) is 6. The highest BCUT2D eigenvalue weighted by atomic mass is 35.5. The Morgan fingerprint density at radius 1 is 1.39 bits per heavy atom. The summed E-state index contributed by atoms with van der Waals surface area (Å²) in [6.07, 6.45) is 3.70. The average molecular weight is 273 g/mol. The Hall–Kier alpha value is -1.67. The Bertz CT molecular complexity index is 555. The molecule has 2 N–H and O–H groups in total. The first-order valence-electron chi connectivity index (χ1n) is 5.50. The highest BCUT2D eigenvalue weighted by Gasteiger charge is 2.18. The lowest BCUT2D eigenvalue weighted by atomic mass is 10.1. The monoisotopic (exact) mass is 272 g/mol. The minimum atomic E-state index is -0.599. The predicted octanol–water partition coefficient (Wildman–Crippen LogP) is -0.0323. The minimum absolute atomic E-state index is 0. The molecule has 0 aromatic carbocycles. The van der Waals surface area contributed by atoms with Gasteiger partial charge in [-0.2, -0.15) is 0 Å². The van der Waals surface area contributed by atoms with E-state index in [4.69, 9.17) is 4.42 Å². The van der Waals surface area contributed by atoms with Crippen LogP contribution in [-0.4, -0.2) is 38.1 Å². The molecule has 0 bridgehead atoms. The molecule has 1 aliphatic heterocycles. The Balaban J connectivity index is 0.00000120. The van der Waals surface area contributed by atoms with Gasteiger partial charge in [0, 0.05) is 0 Å². The van der Waals surface area contributed by atoms with Crippen molar-refractivity contribution in [2.45, 2.75) is 18.9 Å². The highest BCUT2D eigenvalue weighted by molar-refractivity contribution is 5.85. The van der Waals surface area contributed by atoms with E-state index in [1.54, 1.807) is 6.33 Å². The zero-order valence-corrected chi connectivity index (χ0v) is 10.3. The minimum Gasteiger partial charge on any atom is -0.384 e. The van der Waals surface area contributed by atoms with Crippen molar-refractivity contribution in [3.8, 4) is 11.7 Å². The van der Waals surface area contributed by atoms with E-state index in [-0.39, 0.29) is 18.3 Å². The second kappa shape index (κ2) is 5.32. The van der Waals surface area contributed by atoms with Gasteiger partial charge in [-0.3, -0.25) is 0 Å². The van der Waals surface area contributed by atoms with Crippen LogP contribution < -0.4 is 11.1 Å². The summed E-state index contributed by atoms with van der Waals surface area (Å²) in [5, 5.41) is 13.4. The Labute approximate surface area is 108 Å². The van der Waals surface area contributed by atoms with Crippen molar-refractivity contribution in [3.05, 3.63) is 16.9 Å². The lowest BCUT2D eigenvalue weighted by Gasteiger charge is -2.22. The van der Waals surface area contributed by atoms with Crippen LogP contribution in [0.25, 0.3) is 11.7 Å². The Kier molecular flexibility index (Phi) is 3.78. The van der Waals surface area contributed by atoms with Gasteiger partial charge in [-0.05, 0) is 25.9 Å². The standard InChI is InChI=1S/C9H12N6O2.ClH/c16-9-13-12-8(17-9)7-11-5-15(14-7)6-1-3-10-4-2-6;/h5-6,10H,1-4H2,(H,13,16);1H. The summed E-state index contributed by atoms with van der Waals surface area (Å²) in [5.41, 5.74) is 0. The number of nitrogens with zero attached hydrogens (tertiary/aromatic N) is 4. The molecule has 2 aromatic heterocycles. The maximum Gasteiger partial charge on any atom is 0.434 e. The third kappa shape index (κ3) is 2.44. The van der Waals surface area contributed by atoms with E-state index in [2.05, 4.69) is 25.6 Å². The van der Waals surface area contributed by atoms with Gasteiger partial charge < -0.3 is 9.73 Å². The van der Waals surface area contributed by atoms with Crippen molar-refractivity contribution in [2.75, 3.05) is 13.1 Å². The molecule has 98 valence electrons. The van der Waals surface area contributed by atoms with E-state index in [9.17, 15) is 4.79 Å². The topological polar surface area (TPSA) is 102 Å². The normalized spacial score (nSPS) is 16.4. The zero-order valence-electron chi connectivity index (χ0n) is 9.50. The molecule has 8 nitrogen and oxygen atoms in total. The van der Waals surface area contributed by atoms with Crippen LogP contribution in [0.15, 0.2) is 15.5 Å². The quantitative estimate of drug-likeness (QED) is 0.796. The molecule has 1 aliphatic rings. The van der Waals surface area contributed by atoms with E-state index < -0.39 is 5.76 Å². The fourth-order valence-electron chi connectivity index (χ4n) is 1.95. The van der Waals surface area contributed by atoms with Gasteiger partial charge in [0.25, 0.3) is 5.89 Å². The smallest absolute Gasteiger partial charge is 0.384 e. The fourth-order valence-corrected chi connectivity index (χ4v) is 1.95. The molecule has 0 atom stereocenters. The van der Waals surface area contributed by atoms with Gasteiger partial charge in [0.1, 0.15) is 6.33 Å². The van der Waals surface area contributed by atoms with Gasteiger partial charge >= 0.3 is 5.76 Å². The molecular formula is C9H13ClN6O2. The van der Waals surface area contributed by atoms with Crippen molar-refractivity contribution in [1.29, 1.82) is 0 Å².